The van der Waals surface area contributed by atoms with Gasteiger partial charge in [0.25, 0.3) is 0 Å². The number of hydrogen-bond acceptors (Lipinski definition) is 25. The fraction of sp³-hybridized carbons (Fsp3) is 0.454. The fourth-order valence-corrected chi connectivity index (χ4v) is 18.9. The maximum Gasteiger partial charge on any atom is 0.303 e. The summed E-state index contributed by atoms with van der Waals surface area (Å²) in [7, 11) is 1.79. The minimum absolute atomic E-state index is 0.0557. The van der Waals surface area contributed by atoms with Crippen molar-refractivity contribution in [1.82, 2.24) is 79.1 Å². The number of primary amides is 2. The van der Waals surface area contributed by atoms with Crippen molar-refractivity contribution in [2.75, 3.05) is 39.5 Å². The van der Waals surface area contributed by atoms with Gasteiger partial charge >= 0.3 is 5.97 Å². The van der Waals surface area contributed by atoms with Crippen LogP contribution in [0.4, 0.5) is 0 Å². The monoisotopic (exact) mass is 1960 g/mol. The van der Waals surface area contributed by atoms with Crippen LogP contribution in [0.3, 0.4) is 0 Å². The molecule has 2 saturated heterocycles. The van der Waals surface area contributed by atoms with E-state index in [1.165, 1.54) is 53.9 Å². The number of nitrogens with zero attached hydrogens (tertiary/aromatic N) is 1. The van der Waals surface area contributed by atoms with Gasteiger partial charge in [0.1, 0.15) is 84.1 Å². The molecule has 2 aromatic heterocycles. The quantitative estimate of drug-likeness (QED) is 0.0190. The first kappa shape index (κ1) is 109. The number of aliphatic carboxylic acids is 1. The second-order valence-electron chi connectivity index (χ2n) is 35.7. The number of ketones is 2. The van der Waals surface area contributed by atoms with Gasteiger partial charge in [-0.25, -0.2) is 0 Å². The number of amides is 15. The van der Waals surface area contributed by atoms with Gasteiger partial charge in [0.2, 0.25) is 88.6 Å². The van der Waals surface area contributed by atoms with Gasteiger partial charge < -0.3 is 111 Å². The van der Waals surface area contributed by atoms with Crippen LogP contribution >= 0.6 is 21.6 Å². The molecule has 22 N–H and O–H groups in total. The van der Waals surface area contributed by atoms with Crippen molar-refractivity contribution >= 4 is 149 Å². The molecule has 12 atom stereocenters. The molecule has 2 fully saturated rings. The summed E-state index contributed by atoms with van der Waals surface area (Å²) >= 11 is 0. The highest BCUT2D eigenvalue weighted by Crippen LogP contribution is 2.47. The average Bonchev–Trinajstić information content (AvgIpc) is 1.67. The number of hydrogen-bond donors (Lipinski definition) is 19. The SMILES string of the molecule is CC(=O)CCNC(=O)[C@H](Cc1cccnc1)NC(=O)[C@H](CC(N)=O)NC(=O)[C@H](CCC(=O)O)CC(=O)C1(NC(=O)[C@H](Cc2ccc3ccccc3c2)NC(=O)[C@H](Cc2ccc(OCCN)cc2)NC(=O)[C@H]2NC(=O)[C@H](CCCCNC(C)=O)NC(=O)[C@H](Cc3c[nH]c4c(-c5ccccc5)cccc34)NC(=O)[C@H]([C@@H](C)O)NC(=O)[C@H](CC(N)=O)NC(=O)[C@@H](NC(C)=O)C(C)(C)SSC2(C)C)CCOCC1. The zero-order valence-electron chi connectivity index (χ0n) is 78.7. The lowest BCUT2D eigenvalue weighted by atomic mass is 9.80. The maximum atomic E-state index is 16.5. The van der Waals surface area contributed by atoms with Gasteiger partial charge in [-0.15, -0.1) is 0 Å². The molecular weight excluding hydrogens is 1830 g/mol. The molecule has 2 aliphatic rings. The number of Topliss-reactive ketones (excluding diaryl/α,β-unsaturated/α-hetero) is 2. The van der Waals surface area contributed by atoms with Crippen LogP contribution in [-0.4, -0.2) is 247 Å². The highest BCUT2D eigenvalue weighted by Gasteiger charge is 2.49. The van der Waals surface area contributed by atoms with Gasteiger partial charge in [-0.1, -0.05) is 131 Å². The predicted octanol–water partition coefficient (Wildman–Crippen LogP) is 1.45. The number of pyridine rings is 1. The Bertz CT molecular complexity index is 5590. The number of nitrogens with two attached hydrogens (primary N) is 3. The lowest BCUT2D eigenvalue weighted by molar-refractivity contribution is -0.142. The van der Waals surface area contributed by atoms with Crippen LogP contribution in [-0.2, 0) is 117 Å². The predicted molar refractivity (Wildman–Crippen MR) is 517 cm³/mol. The summed E-state index contributed by atoms with van der Waals surface area (Å²) in [6.07, 6.45) is -2.99. The summed E-state index contributed by atoms with van der Waals surface area (Å²) in [5.41, 5.74) is 19.1. The van der Waals surface area contributed by atoms with E-state index in [1.54, 1.807) is 85.1 Å². The molecule has 746 valence electrons. The molecule has 0 spiro atoms. The molecule has 0 aliphatic carbocycles. The number of fused-ring (bicyclic) bond motifs is 2. The van der Waals surface area contributed by atoms with Crippen LogP contribution in [0.25, 0.3) is 32.8 Å². The van der Waals surface area contributed by atoms with Crippen LogP contribution in [0.5, 0.6) is 5.75 Å². The number of carboxylic acids is 1. The number of unbranched alkanes of at least 4 members (excludes halogenated alkanes) is 1. The van der Waals surface area contributed by atoms with Gasteiger partial charge in [0, 0.05) is 149 Å². The van der Waals surface area contributed by atoms with E-state index in [4.69, 9.17) is 26.7 Å². The molecule has 0 saturated carbocycles. The molecule has 40 nitrogen and oxygen atoms in total. The average molecular weight is 1960 g/mol. The Kier molecular flexibility index (Phi) is 40.5. The lowest BCUT2D eigenvalue weighted by Crippen LogP contribution is -2.65. The Hall–Kier alpha value is -13.7. The molecular formula is C97H124N18O22S2. The Morgan fingerprint density at radius 2 is 1.20 bits per heavy atom. The van der Waals surface area contributed by atoms with Gasteiger partial charge in [-0.2, -0.15) is 0 Å². The maximum absolute atomic E-state index is 16.5. The van der Waals surface area contributed by atoms with Crippen molar-refractivity contribution in [3.63, 3.8) is 0 Å². The van der Waals surface area contributed by atoms with E-state index in [-0.39, 0.29) is 109 Å². The third kappa shape index (κ3) is 32.7. The van der Waals surface area contributed by atoms with Crippen molar-refractivity contribution in [2.24, 2.45) is 23.1 Å². The largest absolute Gasteiger partial charge is 0.492 e. The van der Waals surface area contributed by atoms with E-state index in [2.05, 4.69) is 79.1 Å². The summed E-state index contributed by atoms with van der Waals surface area (Å²) in [6.45, 7) is 10.8. The van der Waals surface area contributed by atoms with Gasteiger partial charge in [0.05, 0.1) is 24.5 Å². The van der Waals surface area contributed by atoms with Crippen molar-refractivity contribution < 1.29 is 106 Å². The Morgan fingerprint density at radius 1 is 0.583 bits per heavy atom. The van der Waals surface area contributed by atoms with Crippen LogP contribution in [0.2, 0.25) is 0 Å². The minimum atomic E-state index is -1.99. The third-order valence-electron chi connectivity index (χ3n) is 23.6. The van der Waals surface area contributed by atoms with Crippen LogP contribution in [0.1, 0.15) is 148 Å². The first-order valence-corrected chi connectivity index (χ1v) is 47.9. The zero-order valence-corrected chi connectivity index (χ0v) is 80.3. The number of benzene rings is 5. The van der Waals surface area contributed by atoms with E-state index in [0.717, 1.165) is 51.9 Å². The van der Waals surface area contributed by atoms with E-state index in [0.29, 0.717) is 44.3 Å². The summed E-state index contributed by atoms with van der Waals surface area (Å²) in [4.78, 5) is 267. The van der Waals surface area contributed by atoms with Crippen molar-refractivity contribution in [3.05, 3.63) is 168 Å². The second-order valence-corrected chi connectivity index (χ2v) is 39.1. The number of aliphatic hydroxyl groups excluding tert-OH is 1. The molecule has 7 aromatic rings. The number of carboxylic acid groups (broad SMARTS) is 1. The minimum Gasteiger partial charge on any atom is -0.492 e. The highest BCUT2D eigenvalue weighted by atomic mass is 33.1. The molecule has 0 unspecified atom stereocenters. The summed E-state index contributed by atoms with van der Waals surface area (Å²) < 4.78 is 8.31. The number of aromatic amines is 1. The van der Waals surface area contributed by atoms with Crippen LogP contribution in [0, 0.1) is 5.92 Å². The van der Waals surface area contributed by atoms with Gasteiger partial charge in [-0.05, 0) is 124 Å². The summed E-state index contributed by atoms with van der Waals surface area (Å²) in [6, 6.07) is 19.2. The van der Waals surface area contributed by atoms with E-state index >= 15 is 33.6 Å². The summed E-state index contributed by atoms with van der Waals surface area (Å²) in [5, 5.41) is 58.3. The molecule has 15 amide bonds. The lowest BCUT2D eigenvalue weighted by Gasteiger charge is -2.39. The van der Waals surface area contributed by atoms with E-state index in [1.807, 2.05) is 48.5 Å². The number of H-pyrrole nitrogens is 1. The molecule has 5 aromatic carbocycles. The Balaban J connectivity index is 1.13. The number of ether oxygens (including phenoxy) is 2. The number of carbonyl (C=O) groups is 18. The first-order valence-electron chi connectivity index (χ1n) is 45.7. The first-order chi connectivity index (χ1) is 66.0. The number of nitrogens with one attached hydrogen (secondary N) is 14. The van der Waals surface area contributed by atoms with E-state index < -0.39 is 220 Å². The molecule has 42 heteroatoms. The van der Waals surface area contributed by atoms with Gasteiger partial charge in [-0.3, -0.25) is 91.3 Å². The topological polar surface area (TPSA) is 629 Å². The van der Waals surface area contributed by atoms with Crippen molar-refractivity contribution in [1.29, 1.82) is 0 Å². The van der Waals surface area contributed by atoms with Crippen LogP contribution in [0.15, 0.2) is 146 Å². The molecule has 9 rings (SSSR count). The molecule has 139 heavy (non-hydrogen) atoms. The number of carbonyl (C=O) groups excluding carboxylic acids is 17. The van der Waals surface area contributed by atoms with E-state index in [9.17, 15) is 63.0 Å². The Morgan fingerprint density at radius 3 is 1.85 bits per heavy atom. The highest BCUT2D eigenvalue weighted by molar-refractivity contribution is 8.77. The van der Waals surface area contributed by atoms with Crippen molar-refractivity contribution in [2.45, 2.75) is 233 Å². The smallest absolute Gasteiger partial charge is 0.303 e. The standard InChI is InChI=1S/C97H124N18O22S2/c1-54(116)34-40-103-85(126)70(47-60-18-17-38-101-52-60)108-89(130)74(50-77(99)121)107-84(125)64(30-33-79(123)124)49-76(120)97(35-41-136-42-36-97)115-91(132)72(46-59-26-29-61-19-12-13-22-63(61)44-59)109-87(128)71(45-58-27-31-66(32-28-58)137-43-37-98)111-94(135)83-96(7,8)139-138-95(5,6)82(105-57(4)119)93(134)112-75(51-78(100)122)90(131)113-80(55(2)117)92(133)110-73(88(129)106-69(86(127)114-83)25-14-15-39-102-56(3)118)48-65-53-104-81-67(23-16-24-68(65)81)62-20-10-9-11-21-62/h9-13,16-24,26-29,31-32,38,44,52-53,55,64,69-75,80,82-83,104,117H,14-15,25,30,33-37,39-43,45-51,98H2,1-8H3,(H2,99,121)(H2,100,122)(H,102,118)(H,103,126)(H,105,119)(H,106,129)(H,107,125)(H,108,130)(H,109,128)(H,110,133)(H,111,135)(H,112,134)(H,113,131)(H,114,127)(H,115,132)(H,123,124)/t55-,64-,69+,70+,71+,72+,73+,74+,75+,80+,82-,83-/m1/s1. The summed E-state index contributed by atoms with van der Waals surface area (Å²) in [5.74, 6) is -18.8. The third-order valence-corrected chi connectivity index (χ3v) is 27.9. The zero-order chi connectivity index (χ0) is 101. The number of aliphatic hydroxyl groups is 1. The Labute approximate surface area is 811 Å². The number of para-hydroxylation sites is 1. The normalized spacial score (nSPS) is 19.3. The number of aromatic nitrogens is 2. The molecule has 2 aliphatic heterocycles. The van der Waals surface area contributed by atoms with Crippen LogP contribution < -0.4 is 91.1 Å². The fourth-order valence-electron chi connectivity index (χ4n) is 16.1. The molecule has 4 heterocycles. The molecule has 0 radical (unpaired) electrons. The second kappa shape index (κ2) is 51.6. The van der Waals surface area contributed by atoms with Crippen molar-refractivity contribution in [3.8, 4) is 16.9 Å². The molecule has 0 bridgehead atoms. The number of rotatable bonds is 43. The van der Waals surface area contributed by atoms with Gasteiger partial charge in [0.15, 0.2) is 5.78 Å².